The summed E-state index contributed by atoms with van der Waals surface area (Å²) in [5.74, 6) is -1.06. The maximum Gasteiger partial charge on any atom is 0.331 e. The minimum Gasteiger partial charge on any atom is -0.479 e. The zero-order valence-corrected chi connectivity index (χ0v) is 7.15. The first-order chi connectivity index (χ1) is 6.68. The number of anilines is 1. The molecule has 2 amide bonds. The lowest BCUT2D eigenvalue weighted by atomic mass is 10.0. The van der Waals surface area contributed by atoms with Crippen LogP contribution in [-0.4, -0.2) is 17.1 Å². The van der Waals surface area contributed by atoms with Crippen LogP contribution in [0.2, 0.25) is 0 Å². The molecule has 0 saturated carbocycles. The Hall–Kier alpha value is -2.04. The molecule has 3 N–H and O–H groups in total. The van der Waals surface area contributed by atoms with Crippen LogP contribution in [-0.2, 0) is 4.79 Å². The normalized spacial score (nSPS) is 19.1. The summed E-state index contributed by atoms with van der Waals surface area (Å²) >= 11 is 0. The molecule has 0 aliphatic carbocycles. The highest BCUT2D eigenvalue weighted by molar-refractivity contribution is 5.97. The molecule has 2 rings (SSSR count). The van der Waals surface area contributed by atoms with E-state index < -0.39 is 18.0 Å². The van der Waals surface area contributed by atoms with Crippen molar-refractivity contribution in [1.29, 1.82) is 0 Å². The van der Waals surface area contributed by atoms with Gasteiger partial charge in [0.25, 0.3) is 0 Å². The van der Waals surface area contributed by atoms with Gasteiger partial charge in [-0.3, -0.25) is 0 Å². The van der Waals surface area contributed by atoms with E-state index in [0.29, 0.717) is 11.3 Å². The highest BCUT2D eigenvalue weighted by Crippen LogP contribution is 2.26. The van der Waals surface area contributed by atoms with Crippen molar-refractivity contribution in [1.82, 2.24) is 5.32 Å². The van der Waals surface area contributed by atoms with Crippen LogP contribution in [0.4, 0.5) is 10.5 Å². The molecule has 0 aromatic heterocycles. The highest BCUT2D eigenvalue weighted by atomic mass is 16.4. The number of urea groups is 1. The molecule has 0 radical (unpaired) electrons. The smallest absolute Gasteiger partial charge is 0.331 e. The molecular formula is C9H8N2O3. The molecule has 5 nitrogen and oxygen atoms in total. The number of fused-ring (bicyclic) bond motifs is 1. The first-order valence-electron chi connectivity index (χ1n) is 4.08. The molecule has 1 atom stereocenters. The summed E-state index contributed by atoms with van der Waals surface area (Å²) in [6.45, 7) is 0. The van der Waals surface area contributed by atoms with Crippen molar-refractivity contribution in [3.63, 3.8) is 0 Å². The number of hydrogen-bond donors (Lipinski definition) is 3. The summed E-state index contributed by atoms with van der Waals surface area (Å²) in [7, 11) is 0. The van der Waals surface area contributed by atoms with Gasteiger partial charge in [-0.2, -0.15) is 0 Å². The van der Waals surface area contributed by atoms with Gasteiger partial charge in [-0.25, -0.2) is 9.59 Å². The van der Waals surface area contributed by atoms with Gasteiger partial charge in [0.2, 0.25) is 0 Å². The van der Waals surface area contributed by atoms with Gasteiger partial charge in [0.15, 0.2) is 6.04 Å². The zero-order chi connectivity index (χ0) is 10.1. The average molecular weight is 192 g/mol. The van der Waals surface area contributed by atoms with Gasteiger partial charge in [-0.1, -0.05) is 18.2 Å². The molecule has 1 aromatic rings. The van der Waals surface area contributed by atoms with E-state index in [1.165, 1.54) is 0 Å². The number of hydrogen-bond acceptors (Lipinski definition) is 2. The number of para-hydroxylation sites is 1. The molecule has 0 saturated heterocycles. The molecule has 5 heteroatoms. The predicted molar refractivity (Wildman–Crippen MR) is 49.0 cm³/mol. The second kappa shape index (κ2) is 3.02. The molecule has 0 bridgehead atoms. The summed E-state index contributed by atoms with van der Waals surface area (Å²) in [5, 5.41) is 13.7. The van der Waals surface area contributed by atoms with E-state index in [4.69, 9.17) is 5.11 Å². The van der Waals surface area contributed by atoms with Gasteiger partial charge >= 0.3 is 12.0 Å². The molecule has 0 fully saturated rings. The van der Waals surface area contributed by atoms with Gasteiger partial charge in [-0.05, 0) is 6.07 Å². The van der Waals surface area contributed by atoms with Crippen LogP contribution in [0, 0.1) is 0 Å². The number of benzene rings is 1. The van der Waals surface area contributed by atoms with E-state index >= 15 is 0 Å². The maximum absolute atomic E-state index is 11.1. The lowest BCUT2D eigenvalue weighted by Gasteiger charge is -2.23. The first-order valence-corrected chi connectivity index (χ1v) is 4.08. The molecular weight excluding hydrogens is 184 g/mol. The number of aliphatic carboxylic acids is 1. The fourth-order valence-electron chi connectivity index (χ4n) is 1.42. The minimum absolute atomic E-state index is 0.490. The average Bonchev–Trinajstić information content (AvgIpc) is 2.16. The highest BCUT2D eigenvalue weighted by Gasteiger charge is 2.28. The molecule has 1 heterocycles. The van der Waals surface area contributed by atoms with E-state index in [2.05, 4.69) is 10.6 Å². The molecule has 0 spiro atoms. The topological polar surface area (TPSA) is 78.4 Å². The molecule has 1 aliphatic rings. The molecule has 1 aliphatic heterocycles. The second-order valence-electron chi connectivity index (χ2n) is 2.96. The quantitative estimate of drug-likeness (QED) is 0.619. The van der Waals surface area contributed by atoms with E-state index in [9.17, 15) is 9.59 Å². The van der Waals surface area contributed by atoms with Crippen molar-refractivity contribution in [3.8, 4) is 0 Å². The number of carbonyl (C=O) groups is 2. The number of carboxylic acids is 1. The Morgan fingerprint density at radius 1 is 1.36 bits per heavy atom. The standard InChI is InChI=1S/C9H8N2O3/c12-8(13)7-5-3-1-2-4-6(5)10-9(14)11-7/h1-4,7H,(H,12,13)(H2,10,11,14)/t7-/m0/s1. The van der Waals surface area contributed by atoms with Gasteiger partial charge in [-0.15, -0.1) is 0 Å². The van der Waals surface area contributed by atoms with Crippen molar-refractivity contribution in [2.24, 2.45) is 0 Å². The summed E-state index contributed by atoms with van der Waals surface area (Å²) in [4.78, 5) is 21.9. The third kappa shape index (κ3) is 1.28. The van der Waals surface area contributed by atoms with Crippen molar-refractivity contribution in [3.05, 3.63) is 29.8 Å². The van der Waals surface area contributed by atoms with Crippen LogP contribution in [0.25, 0.3) is 0 Å². The van der Waals surface area contributed by atoms with Crippen LogP contribution in [0.3, 0.4) is 0 Å². The summed E-state index contributed by atoms with van der Waals surface area (Å²) in [5.41, 5.74) is 1.11. The first kappa shape index (κ1) is 8.55. The van der Waals surface area contributed by atoms with Gasteiger partial charge in [0, 0.05) is 11.3 Å². The van der Waals surface area contributed by atoms with Crippen LogP contribution < -0.4 is 10.6 Å². The Bertz CT molecular complexity index is 403. The van der Waals surface area contributed by atoms with Crippen LogP contribution in [0.1, 0.15) is 11.6 Å². The largest absolute Gasteiger partial charge is 0.479 e. The van der Waals surface area contributed by atoms with Crippen molar-refractivity contribution in [2.75, 3.05) is 5.32 Å². The number of amides is 2. The number of nitrogens with one attached hydrogen (secondary N) is 2. The Morgan fingerprint density at radius 2 is 2.07 bits per heavy atom. The van der Waals surface area contributed by atoms with Gasteiger partial charge in [0.1, 0.15) is 0 Å². The van der Waals surface area contributed by atoms with Crippen molar-refractivity contribution >= 4 is 17.7 Å². The van der Waals surface area contributed by atoms with E-state index in [1.54, 1.807) is 24.3 Å². The zero-order valence-electron chi connectivity index (χ0n) is 7.15. The molecule has 0 unspecified atom stereocenters. The third-order valence-corrected chi connectivity index (χ3v) is 2.04. The number of carboxylic acid groups (broad SMARTS) is 1. The van der Waals surface area contributed by atoms with E-state index in [1.807, 2.05) is 0 Å². The van der Waals surface area contributed by atoms with Crippen LogP contribution >= 0.6 is 0 Å². The summed E-state index contributed by atoms with van der Waals surface area (Å²) in [6.07, 6.45) is 0. The maximum atomic E-state index is 11.1. The Labute approximate surface area is 79.7 Å². The molecule has 14 heavy (non-hydrogen) atoms. The van der Waals surface area contributed by atoms with E-state index in [-0.39, 0.29) is 0 Å². The Morgan fingerprint density at radius 3 is 2.79 bits per heavy atom. The monoisotopic (exact) mass is 192 g/mol. The lowest BCUT2D eigenvalue weighted by Crippen LogP contribution is -2.41. The molecule has 72 valence electrons. The minimum atomic E-state index is -1.06. The number of carbonyl (C=O) groups excluding carboxylic acids is 1. The summed E-state index contributed by atoms with van der Waals surface area (Å²) in [6, 6.07) is 5.36. The number of rotatable bonds is 1. The van der Waals surface area contributed by atoms with Gasteiger partial charge in [0.05, 0.1) is 0 Å². The predicted octanol–water partition coefficient (Wildman–Crippen LogP) is 0.947. The second-order valence-corrected chi connectivity index (χ2v) is 2.96. The Kier molecular flexibility index (Phi) is 1.85. The SMILES string of the molecule is O=C1Nc2ccccc2[C@@H](C(=O)O)N1. The fourth-order valence-corrected chi connectivity index (χ4v) is 1.42. The van der Waals surface area contributed by atoms with Crippen LogP contribution in [0.15, 0.2) is 24.3 Å². The van der Waals surface area contributed by atoms with Crippen molar-refractivity contribution in [2.45, 2.75) is 6.04 Å². The third-order valence-electron chi connectivity index (χ3n) is 2.04. The van der Waals surface area contributed by atoms with Gasteiger partial charge < -0.3 is 15.7 Å². The van der Waals surface area contributed by atoms with Crippen LogP contribution in [0.5, 0.6) is 0 Å². The van der Waals surface area contributed by atoms with Crippen molar-refractivity contribution < 1.29 is 14.7 Å². The summed E-state index contributed by atoms with van der Waals surface area (Å²) < 4.78 is 0. The molecule has 1 aromatic carbocycles. The lowest BCUT2D eigenvalue weighted by molar-refractivity contribution is -0.139. The Balaban J connectivity index is 2.48. The fraction of sp³-hybridized carbons (Fsp3) is 0.111. The van der Waals surface area contributed by atoms with E-state index in [0.717, 1.165) is 0 Å².